The second kappa shape index (κ2) is 8.13. The van der Waals surface area contributed by atoms with Crippen LogP contribution < -0.4 is 5.56 Å². The van der Waals surface area contributed by atoms with Gasteiger partial charge in [0.25, 0.3) is 5.56 Å². The van der Waals surface area contributed by atoms with Gasteiger partial charge < -0.3 is 4.74 Å². The van der Waals surface area contributed by atoms with Gasteiger partial charge in [-0.15, -0.1) is 0 Å². The highest BCUT2D eigenvalue weighted by atomic mass is 19.1. The highest BCUT2D eigenvalue weighted by molar-refractivity contribution is 5.89. The number of aromatic nitrogens is 2. The van der Waals surface area contributed by atoms with Crippen molar-refractivity contribution in [2.75, 3.05) is 7.11 Å². The van der Waals surface area contributed by atoms with Gasteiger partial charge in [-0.1, -0.05) is 30.3 Å². The van der Waals surface area contributed by atoms with Crippen molar-refractivity contribution >= 4 is 29.0 Å². The number of para-hydroxylation sites is 1. The fraction of sp³-hybridized carbons (Fsp3) is 0.0417. The molecule has 6 heteroatoms. The average molecular weight is 400 g/mol. The predicted molar refractivity (Wildman–Crippen MR) is 114 cm³/mol. The highest BCUT2D eigenvalue weighted by Crippen LogP contribution is 2.17. The Morgan fingerprint density at radius 1 is 0.967 bits per heavy atom. The third kappa shape index (κ3) is 3.63. The summed E-state index contributed by atoms with van der Waals surface area (Å²) in [6.45, 7) is 0. The summed E-state index contributed by atoms with van der Waals surface area (Å²) < 4.78 is 20.2. The first-order valence-corrected chi connectivity index (χ1v) is 9.21. The number of methoxy groups -OCH3 is 1. The molecule has 5 nitrogen and oxygen atoms in total. The van der Waals surface area contributed by atoms with Crippen LogP contribution in [0.3, 0.4) is 0 Å². The molecule has 1 heterocycles. The lowest BCUT2D eigenvalue weighted by Gasteiger charge is -2.12. The average Bonchev–Trinajstić information content (AvgIpc) is 2.78. The summed E-state index contributed by atoms with van der Waals surface area (Å²) >= 11 is 0. The van der Waals surface area contributed by atoms with E-state index in [0.29, 0.717) is 33.5 Å². The summed E-state index contributed by atoms with van der Waals surface area (Å²) in [5.74, 6) is -0.496. The van der Waals surface area contributed by atoms with Gasteiger partial charge in [0.15, 0.2) is 0 Å². The van der Waals surface area contributed by atoms with E-state index < -0.39 is 5.97 Å². The molecule has 3 aromatic carbocycles. The van der Waals surface area contributed by atoms with Crippen molar-refractivity contribution in [2.24, 2.45) is 0 Å². The Hall–Kier alpha value is -4.06. The van der Waals surface area contributed by atoms with Crippen LogP contribution in [0, 0.1) is 5.82 Å². The number of esters is 1. The Morgan fingerprint density at radius 3 is 2.40 bits per heavy atom. The molecule has 0 aliphatic heterocycles. The van der Waals surface area contributed by atoms with E-state index in [2.05, 4.69) is 4.98 Å². The first kappa shape index (κ1) is 19.3. The monoisotopic (exact) mass is 400 g/mol. The van der Waals surface area contributed by atoms with Crippen molar-refractivity contribution in [3.05, 3.63) is 106 Å². The van der Waals surface area contributed by atoms with E-state index >= 15 is 0 Å². The number of rotatable bonds is 4. The van der Waals surface area contributed by atoms with Gasteiger partial charge in [0.2, 0.25) is 0 Å². The summed E-state index contributed by atoms with van der Waals surface area (Å²) in [5.41, 5.74) is 1.55. The lowest BCUT2D eigenvalue weighted by Crippen LogP contribution is -2.22. The molecule has 0 amide bonds. The molecule has 0 aliphatic carbocycles. The number of benzene rings is 3. The molecule has 0 fully saturated rings. The summed E-state index contributed by atoms with van der Waals surface area (Å²) in [6, 6.07) is 19.8. The quantitative estimate of drug-likeness (QED) is 0.474. The number of ether oxygens (including phenoxy) is 1. The third-order valence-electron chi connectivity index (χ3n) is 4.67. The molecule has 0 bridgehead atoms. The molecule has 1 aromatic heterocycles. The Labute approximate surface area is 171 Å². The van der Waals surface area contributed by atoms with Gasteiger partial charge in [-0.3, -0.25) is 9.36 Å². The van der Waals surface area contributed by atoms with Crippen LogP contribution in [0.4, 0.5) is 4.39 Å². The molecule has 0 atom stereocenters. The summed E-state index contributed by atoms with van der Waals surface area (Å²) in [7, 11) is 1.31. The maximum atomic E-state index is 14.0. The molecular formula is C24H17FN2O3. The van der Waals surface area contributed by atoms with Crippen LogP contribution in [-0.2, 0) is 4.74 Å². The Balaban J connectivity index is 1.90. The van der Waals surface area contributed by atoms with Gasteiger partial charge in [-0.25, -0.2) is 14.2 Å². The van der Waals surface area contributed by atoms with Crippen molar-refractivity contribution in [2.45, 2.75) is 0 Å². The van der Waals surface area contributed by atoms with Crippen molar-refractivity contribution in [1.82, 2.24) is 9.55 Å². The molecule has 0 N–H and O–H groups in total. The Bertz CT molecular complexity index is 1320. The van der Waals surface area contributed by atoms with Gasteiger partial charge in [0.1, 0.15) is 11.6 Å². The molecule has 0 saturated carbocycles. The lowest BCUT2D eigenvalue weighted by molar-refractivity contribution is 0.0600. The van der Waals surface area contributed by atoms with E-state index in [4.69, 9.17) is 4.74 Å². The zero-order valence-electron chi connectivity index (χ0n) is 16.1. The second-order valence-corrected chi connectivity index (χ2v) is 6.52. The third-order valence-corrected chi connectivity index (χ3v) is 4.67. The van der Waals surface area contributed by atoms with Crippen LogP contribution >= 0.6 is 0 Å². The Kier molecular flexibility index (Phi) is 5.22. The normalized spacial score (nSPS) is 11.1. The molecule has 148 valence electrons. The molecule has 0 spiro atoms. The minimum absolute atomic E-state index is 0.264. The zero-order valence-corrected chi connectivity index (χ0v) is 16.1. The van der Waals surface area contributed by atoms with Crippen LogP contribution in [0.5, 0.6) is 0 Å². The summed E-state index contributed by atoms with van der Waals surface area (Å²) in [6.07, 6.45) is 3.17. The second-order valence-electron chi connectivity index (χ2n) is 6.52. The van der Waals surface area contributed by atoms with Crippen LogP contribution in [0.1, 0.15) is 21.7 Å². The van der Waals surface area contributed by atoms with Crippen LogP contribution in [0.25, 0.3) is 28.7 Å². The smallest absolute Gasteiger partial charge is 0.337 e. The van der Waals surface area contributed by atoms with Crippen molar-refractivity contribution < 1.29 is 13.9 Å². The maximum absolute atomic E-state index is 14.0. The number of halogens is 1. The number of fused-ring (bicyclic) bond motifs is 1. The number of hydrogen-bond acceptors (Lipinski definition) is 4. The van der Waals surface area contributed by atoms with E-state index in [0.717, 1.165) is 0 Å². The number of hydrogen-bond donors (Lipinski definition) is 0. The van der Waals surface area contributed by atoms with Crippen LogP contribution in [0.15, 0.2) is 77.6 Å². The molecule has 4 rings (SSSR count). The molecule has 4 aromatic rings. The fourth-order valence-electron chi connectivity index (χ4n) is 3.15. The van der Waals surface area contributed by atoms with Crippen molar-refractivity contribution in [3.63, 3.8) is 0 Å². The predicted octanol–water partition coefficient (Wildman–Crippen LogP) is 4.48. The molecule has 0 radical (unpaired) electrons. The van der Waals surface area contributed by atoms with Crippen molar-refractivity contribution in [1.29, 1.82) is 0 Å². The largest absolute Gasteiger partial charge is 0.465 e. The SMILES string of the molecule is COC(=O)c1ccc(-n2c(/C=C\c3ccccc3F)nc3ccccc3c2=O)cc1. The molecule has 0 saturated heterocycles. The van der Waals surface area contributed by atoms with Gasteiger partial charge in [-0.05, 0) is 54.6 Å². The molecular weight excluding hydrogens is 383 g/mol. The van der Waals surface area contributed by atoms with E-state index in [1.54, 1.807) is 78.9 Å². The maximum Gasteiger partial charge on any atom is 0.337 e. The number of carbonyl (C=O) groups excluding carboxylic acids is 1. The van der Waals surface area contributed by atoms with Gasteiger partial charge in [0, 0.05) is 5.56 Å². The Morgan fingerprint density at radius 2 is 1.67 bits per heavy atom. The minimum Gasteiger partial charge on any atom is -0.465 e. The van der Waals surface area contributed by atoms with Crippen LogP contribution in [0.2, 0.25) is 0 Å². The van der Waals surface area contributed by atoms with Gasteiger partial charge in [0.05, 0.1) is 29.3 Å². The summed E-state index contributed by atoms with van der Waals surface area (Å²) in [5, 5.41) is 0.456. The van der Waals surface area contributed by atoms with Crippen LogP contribution in [-0.4, -0.2) is 22.6 Å². The minimum atomic E-state index is -0.467. The lowest BCUT2D eigenvalue weighted by atomic mass is 10.1. The molecule has 30 heavy (non-hydrogen) atoms. The van der Waals surface area contributed by atoms with E-state index in [9.17, 15) is 14.0 Å². The van der Waals surface area contributed by atoms with E-state index in [-0.39, 0.29) is 11.4 Å². The van der Waals surface area contributed by atoms with E-state index in [1.807, 2.05) is 0 Å². The highest BCUT2D eigenvalue weighted by Gasteiger charge is 2.12. The fourth-order valence-corrected chi connectivity index (χ4v) is 3.15. The number of nitrogens with zero attached hydrogens (tertiary/aromatic N) is 2. The first-order valence-electron chi connectivity index (χ1n) is 9.21. The first-order chi connectivity index (χ1) is 14.6. The summed E-state index contributed by atoms with van der Waals surface area (Å²) in [4.78, 5) is 29.5. The number of carbonyl (C=O) groups is 1. The molecule has 0 aliphatic rings. The zero-order chi connectivity index (χ0) is 21.1. The topological polar surface area (TPSA) is 61.2 Å². The van der Waals surface area contributed by atoms with Gasteiger partial charge >= 0.3 is 5.97 Å². The van der Waals surface area contributed by atoms with E-state index in [1.165, 1.54) is 17.7 Å². The van der Waals surface area contributed by atoms with Crippen molar-refractivity contribution in [3.8, 4) is 5.69 Å². The molecule has 0 unspecified atom stereocenters. The van der Waals surface area contributed by atoms with Gasteiger partial charge in [-0.2, -0.15) is 0 Å². The standard InChI is InChI=1S/C24H17FN2O3/c1-30-24(29)17-10-13-18(14-11-17)27-22(15-12-16-6-2-4-8-20(16)25)26-21-9-5-3-7-19(21)23(27)28/h2-15H,1H3/b15-12-.